The van der Waals surface area contributed by atoms with E-state index in [-0.39, 0.29) is 6.03 Å². The summed E-state index contributed by atoms with van der Waals surface area (Å²) in [5.41, 5.74) is 0. The number of urea groups is 1. The molecule has 0 radical (unpaired) electrons. The number of nitrogens with one attached hydrogen (secondary N) is 1. The topological polar surface area (TPSA) is 66.5 Å². The summed E-state index contributed by atoms with van der Waals surface area (Å²) in [4.78, 5) is 20.7. The average Bonchev–Trinajstić information content (AvgIpc) is 3.14. The Hall–Kier alpha value is -2.28. The molecule has 0 saturated carbocycles. The molecule has 2 aromatic heterocycles. The summed E-state index contributed by atoms with van der Waals surface area (Å²) in [5.74, 6) is 2.69. The van der Waals surface area contributed by atoms with Gasteiger partial charge in [0.05, 0.1) is 13.1 Å². The van der Waals surface area contributed by atoms with Crippen LogP contribution < -0.4 is 5.32 Å². The molecular formula is C16H23N5O2. The maximum Gasteiger partial charge on any atom is 0.317 e. The molecule has 0 bridgehead atoms. The number of hydrogen-bond donors (Lipinski definition) is 1. The van der Waals surface area contributed by atoms with Gasteiger partial charge in [-0.1, -0.05) is 0 Å². The highest BCUT2D eigenvalue weighted by molar-refractivity contribution is 5.74. The Bertz CT molecular complexity index is 655. The van der Waals surface area contributed by atoms with Crippen LogP contribution in [0.3, 0.4) is 0 Å². The van der Waals surface area contributed by atoms with Crippen molar-refractivity contribution in [2.75, 3.05) is 26.2 Å². The Morgan fingerprint density at radius 2 is 2.09 bits per heavy atom. The fraction of sp³-hybridized carbons (Fsp3) is 0.500. The van der Waals surface area contributed by atoms with E-state index in [4.69, 9.17) is 4.42 Å². The van der Waals surface area contributed by atoms with Gasteiger partial charge < -0.3 is 19.2 Å². The SMILES string of the molecule is Cc1ccc(CNC(=O)N2CCN(Cc3nccn3C)CC2)o1. The molecule has 1 saturated heterocycles. The third kappa shape index (κ3) is 3.92. The quantitative estimate of drug-likeness (QED) is 0.924. The van der Waals surface area contributed by atoms with Gasteiger partial charge in [0.2, 0.25) is 0 Å². The van der Waals surface area contributed by atoms with Crippen LogP contribution in [0, 0.1) is 6.92 Å². The minimum absolute atomic E-state index is 0.0318. The van der Waals surface area contributed by atoms with Gasteiger partial charge in [-0.15, -0.1) is 0 Å². The fourth-order valence-electron chi connectivity index (χ4n) is 2.71. The van der Waals surface area contributed by atoms with E-state index in [0.717, 1.165) is 50.1 Å². The normalized spacial score (nSPS) is 15.8. The third-order valence-electron chi connectivity index (χ3n) is 4.16. The Kier molecular flexibility index (Phi) is 4.66. The molecule has 3 rings (SSSR count). The molecule has 0 atom stereocenters. The summed E-state index contributed by atoms with van der Waals surface area (Å²) < 4.78 is 7.49. The second kappa shape index (κ2) is 6.87. The zero-order chi connectivity index (χ0) is 16.2. The van der Waals surface area contributed by atoms with Crippen molar-refractivity contribution in [2.24, 2.45) is 7.05 Å². The Balaban J connectivity index is 1.43. The zero-order valence-electron chi connectivity index (χ0n) is 13.7. The number of furan rings is 1. The van der Waals surface area contributed by atoms with E-state index in [1.54, 1.807) is 0 Å². The molecule has 1 N–H and O–H groups in total. The largest absolute Gasteiger partial charge is 0.465 e. The van der Waals surface area contributed by atoms with Gasteiger partial charge >= 0.3 is 6.03 Å². The van der Waals surface area contributed by atoms with Crippen LogP contribution in [-0.4, -0.2) is 51.6 Å². The second-order valence-corrected chi connectivity index (χ2v) is 5.89. The van der Waals surface area contributed by atoms with Gasteiger partial charge in [-0.25, -0.2) is 9.78 Å². The number of rotatable bonds is 4. The molecule has 2 aromatic rings. The summed E-state index contributed by atoms with van der Waals surface area (Å²) in [7, 11) is 2.00. The lowest BCUT2D eigenvalue weighted by Crippen LogP contribution is -2.51. The molecule has 1 aliphatic heterocycles. The van der Waals surface area contributed by atoms with Gasteiger partial charge in [-0.05, 0) is 19.1 Å². The van der Waals surface area contributed by atoms with Gasteiger partial charge in [0.1, 0.15) is 17.3 Å². The molecule has 0 unspecified atom stereocenters. The predicted octanol–water partition coefficient (Wildman–Crippen LogP) is 1.35. The van der Waals surface area contributed by atoms with Crippen molar-refractivity contribution in [2.45, 2.75) is 20.0 Å². The molecule has 23 heavy (non-hydrogen) atoms. The highest BCUT2D eigenvalue weighted by atomic mass is 16.3. The lowest BCUT2D eigenvalue weighted by molar-refractivity contribution is 0.132. The Labute approximate surface area is 135 Å². The fourth-order valence-corrected chi connectivity index (χ4v) is 2.71. The Morgan fingerprint density at radius 3 is 2.70 bits per heavy atom. The van der Waals surface area contributed by atoms with Gasteiger partial charge in [0.25, 0.3) is 0 Å². The van der Waals surface area contributed by atoms with Crippen molar-refractivity contribution >= 4 is 6.03 Å². The summed E-state index contributed by atoms with van der Waals surface area (Å²) in [6.45, 7) is 6.33. The summed E-state index contributed by atoms with van der Waals surface area (Å²) >= 11 is 0. The van der Waals surface area contributed by atoms with Crippen molar-refractivity contribution in [3.05, 3.63) is 41.9 Å². The van der Waals surface area contributed by atoms with Crippen LogP contribution in [0.1, 0.15) is 17.3 Å². The van der Waals surface area contributed by atoms with E-state index in [9.17, 15) is 4.79 Å². The first-order chi connectivity index (χ1) is 11.1. The molecule has 7 heteroatoms. The standard InChI is InChI=1S/C16H23N5O2/c1-13-3-4-14(23-13)11-18-16(22)21-9-7-20(8-10-21)12-15-17-5-6-19(15)2/h3-6H,7-12H2,1-2H3,(H,18,22). The van der Waals surface area contributed by atoms with Crippen molar-refractivity contribution < 1.29 is 9.21 Å². The second-order valence-electron chi connectivity index (χ2n) is 5.89. The molecule has 0 aliphatic carbocycles. The molecule has 0 spiro atoms. The summed E-state index contributed by atoms with van der Waals surface area (Å²) in [6.07, 6.45) is 3.77. The van der Waals surface area contributed by atoms with Crippen LogP contribution >= 0.6 is 0 Å². The third-order valence-corrected chi connectivity index (χ3v) is 4.16. The van der Waals surface area contributed by atoms with E-state index in [2.05, 4.69) is 15.2 Å². The highest BCUT2D eigenvalue weighted by Crippen LogP contribution is 2.08. The van der Waals surface area contributed by atoms with E-state index in [1.807, 2.05) is 48.0 Å². The lowest BCUT2D eigenvalue weighted by atomic mass is 10.3. The maximum atomic E-state index is 12.2. The van der Waals surface area contributed by atoms with Crippen LogP contribution in [0.4, 0.5) is 4.79 Å². The number of piperazine rings is 1. The molecule has 1 fully saturated rings. The van der Waals surface area contributed by atoms with Crippen LogP contribution in [0.2, 0.25) is 0 Å². The molecule has 3 heterocycles. The number of aryl methyl sites for hydroxylation is 2. The van der Waals surface area contributed by atoms with Crippen molar-refractivity contribution in [1.82, 2.24) is 24.7 Å². The van der Waals surface area contributed by atoms with E-state index in [1.165, 1.54) is 0 Å². The number of aromatic nitrogens is 2. The maximum absolute atomic E-state index is 12.2. The molecule has 7 nitrogen and oxygen atoms in total. The van der Waals surface area contributed by atoms with Gasteiger partial charge in [-0.3, -0.25) is 4.90 Å². The van der Waals surface area contributed by atoms with E-state index >= 15 is 0 Å². The van der Waals surface area contributed by atoms with Gasteiger partial charge in [-0.2, -0.15) is 0 Å². The van der Waals surface area contributed by atoms with Crippen molar-refractivity contribution in [3.8, 4) is 0 Å². The first kappa shape index (κ1) is 15.6. The number of hydrogen-bond acceptors (Lipinski definition) is 4. The minimum Gasteiger partial charge on any atom is -0.465 e. The van der Waals surface area contributed by atoms with Crippen LogP contribution in [0.25, 0.3) is 0 Å². The van der Waals surface area contributed by atoms with E-state index in [0.29, 0.717) is 6.54 Å². The van der Waals surface area contributed by atoms with Gasteiger partial charge in [0, 0.05) is 45.6 Å². The van der Waals surface area contributed by atoms with Crippen LogP contribution in [-0.2, 0) is 20.1 Å². The average molecular weight is 317 g/mol. The number of carbonyl (C=O) groups excluding carboxylic acids is 1. The summed E-state index contributed by atoms with van der Waals surface area (Å²) in [6, 6.07) is 3.76. The molecular weight excluding hydrogens is 294 g/mol. The number of amides is 2. The zero-order valence-corrected chi connectivity index (χ0v) is 13.7. The number of imidazole rings is 1. The van der Waals surface area contributed by atoms with Crippen molar-refractivity contribution in [1.29, 1.82) is 0 Å². The highest BCUT2D eigenvalue weighted by Gasteiger charge is 2.21. The monoisotopic (exact) mass is 317 g/mol. The van der Waals surface area contributed by atoms with Crippen LogP contribution in [0.15, 0.2) is 28.9 Å². The Morgan fingerprint density at radius 1 is 1.30 bits per heavy atom. The number of carbonyl (C=O) groups is 1. The van der Waals surface area contributed by atoms with E-state index < -0.39 is 0 Å². The molecule has 0 aromatic carbocycles. The van der Waals surface area contributed by atoms with Crippen molar-refractivity contribution in [3.63, 3.8) is 0 Å². The van der Waals surface area contributed by atoms with Crippen LogP contribution in [0.5, 0.6) is 0 Å². The van der Waals surface area contributed by atoms with Gasteiger partial charge in [0.15, 0.2) is 0 Å². The predicted molar refractivity (Wildman–Crippen MR) is 85.7 cm³/mol. The summed E-state index contributed by atoms with van der Waals surface area (Å²) in [5, 5.41) is 2.91. The first-order valence-electron chi connectivity index (χ1n) is 7.88. The lowest BCUT2D eigenvalue weighted by Gasteiger charge is -2.34. The first-order valence-corrected chi connectivity index (χ1v) is 7.88. The number of nitrogens with zero attached hydrogens (tertiary/aromatic N) is 4. The smallest absolute Gasteiger partial charge is 0.317 e. The minimum atomic E-state index is -0.0318. The molecule has 2 amide bonds. The molecule has 124 valence electrons. The molecule has 1 aliphatic rings.